The lowest BCUT2D eigenvalue weighted by Gasteiger charge is -2.39. The standard InChI is InChI=1S/C28H38N2O6/c1-26(2)18-10-11-27(26,3)22(16-18)36-24(34)20-5-4-14-30(20)25(35)28(12-13-28)29-23(33)21(32)15-17-6-8-19(31)9-7-17/h6-9,18,20-22,31-32H,4-5,10-16H2,1-3H3,(H,29,33). The van der Waals surface area contributed by atoms with Crippen molar-refractivity contribution in [3.05, 3.63) is 29.8 Å². The van der Waals surface area contributed by atoms with Crippen molar-refractivity contribution in [2.75, 3.05) is 6.54 Å². The summed E-state index contributed by atoms with van der Waals surface area (Å²) in [7, 11) is 0. The lowest BCUT2D eigenvalue weighted by atomic mass is 9.70. The summed E-state index contributed by atoms with van der Waals surface area (Å²) in [6.45, 7) is 7.25. The molecular formula is C28H38N2O6. The maximum atomic E-state index is 13.5. The van der Waals surface area contributed by atoms with Crippen molar-refractivity contribution in [2.24, 2.45) is 16.7 Å². The quantitative estimate of drug-likeness (QED) is 0.498. The Balaban J connectivity index is 1.21. The predicted octanol–water partition coefficient (Wildman–Crippen LogP) is 2.69. The van der Waals surface area contributed by atoms with Crippen molar-refractivity contribution in [1.82, 2.24) is 10.2 Å². The first-order valence-electron chi connectivity index (χ1n) is 13.3. The van der Waals surface area contributed by atoms with Crippen LogP contribution in [0.25, 0.3) is 0 Å². The van der Waals surface area contributed by atoms with Crippen LogP contribution in [0.15, 0.2) is 24.3 Å². The average molecular weight is 499 g/mol. The number of hydrogen-bond donors (Lipinski definition) is 3. The van der Waals surface area contributed by atoms with Gasteiger partial charge in [-0.3, -0.25) is 9.59 Å². The van der Waals surface area contributed by atoms with Crippen molar-refractivity contribution in [2.45, 2.75) is 95.9 Å². The number of nitrogens with one attached hydrogen (secondary N) is 1. The van der Waals surface area contributed by atoms with E-state index in [1.165, 1.54) is 18.6 Å². The van der Waals surface area contributed by atoms with Crippen molar-refractivity contribution < 1.29 is 29.3 Å². The summed E-state index contributed by atoms with van der Waals surface area (Å²) in [5, 5.41) is 22.6. The molecule has 3 N–H and O–H groups in total. The number of hydrogen-bond acceptors (Lipinski definition) is 6. The molecule has 0 spiro atoms. The van der Waals surface area contributed by atoms with Gasteiger partial charge in [-0.15, -0.1) is 0 Å². The molecule has 4 fully saturated rings. The van der Waals surface area contributed by atoms with Gasteiger partial charge in [0.2, 0.25) is 11.8 Å². The third-order valence-electron chi connectivity index (χ3n) is 9.95. The Labute approximate surface area is 212 Å². The second-order valence-corrected chi connectivity index (χ2v) is 12.2. The molecule has 3 aliphatic carbocycles. The number of ether oxygens (including phenoxy) is 1. The number of fused-ring (bicyclic) bond motifs is 2. The fraction of sp³-hybridized carbons (Fsp3) is 0.679. The fourth-order valence-electron chi connectivity index (χ4n) is 6.84. The first-order chi connectivity index (χ1) is 17.0. The zero-order valence-corrected chi connectivity index (χ0v) is 21.5. The number of aliphatic hydroxyl groups is 1. The van der Waals surface area contributed by atoms with E-state index < -0.39 is 23.6 Å². The summed E-state index contributed by atoms with van der Waals surface area (Å²) >= 11 is 0. The van der Waals surface area contributed by atoms with Crippen LogP contribution in [0.4, 0.5) is 0 Å². The number of likely N-dealkylation sites (tertiary alicyclic amines) is 1. The number of esters is 1. The molecule has 196 valence electrons. The minimum absolute atomic E-state index is 0.0416. The molecule has 8 nitrogen and oxygen atoms in total. The van der Waals surface area contributed by atoms with Gasteiger partial charge in [0.05, 0.1) is 0 Å². The number of benzene rings is 1. The van der Waals surface area contributed by atoms with Crippen LogP contribution in [-0.4, -0.2) is 63.2 Å². The van der Waals surface area contributed by atoms with Crippen molar-refractivity contribution >= 4 is 17.8 Å². The lowest BCUT2D eigenvalue weighted by Crippen LogP contribution is -2.55. The Hall–Kier alpha value is -2.61. The topological polar surface area (TPSA) is 116 Å². The van der Waals surface area contributed by atoms with Crippen LogP contribution in [0.2, 0.25) is 0 Å². The van der Waals surface area contributed by atoms with Gasteiger partial charge in [0.15, 0.2) is 0 Å². The summed E-state index contributed by atoms with van der Waals surface area (Å²) < 4.78 is 6.10. The van der Waals surface area contributed by atoms with Crippen LogP contribution < -0.4 is 5.32 Å². The minimum Gasteiger partial charge on any atom is -0.508 e. The second kappa shape index (κ2) is 8.75. The monoisotopic (exact) mass is 498 g/mol. The van der Waals surface area contributed by atoms with Crippen LogP contribution in [0.1, 0.15) is 71.3 Å². The molecule has 2 amide bonds. The Kier molecular flexibility index (Phi) is 6.09. The Morgan fingerprint density at radius 2 is 1.81 bits per heavy atom. The number of aromatic hydroxyl groups is 1. The van der Waals surface area contributed by atoms with E-state index >= 15 is 0 Å². The third-order valence-corrected chi connectivity index (χ3v) is 9.95. The highest BCUT2D eigenvalue weighted by molar-refractivity contribution is 5.97. The van der Waals surface area contributed by atoms with E-state index in [2.05, 4.69) is 26.1 Å². The van der Waals surface area contributed by atoms with Crippen LogP contribution in [0.5, 0.6) is 5.75 Å². The molecule has 0 aromatic heterocycles. The molecule has 1 saturated heterocycles. The number of phenols is 1. The molecule has 0 radical (unpaired) electrons. The van der Waals surface area contributed by atoms with Crippen LogP contribution in [0, 0.1) is 16.7 Å². The van der Waals surface area contributed by atoms with Gasteiger partial charge < -0.3 is 25.2 Å². The number of rotatable bonds is 7. The van der Waals surface area contributed by atoms with E-state index in [1.54, 1.807) is 17.0 Å². The average Bonchev–Trinajstić information content (AvgIpc) is 3.31. The summed E-state index contributed by atoms with van der Waals surface area (Å²) in [5.74, 6) is -0.530. The van der Waals surface area contributed by atoms with Crippen LogP contribution >= 0.6 is 0 Å². The van der Waals surface area contributed by atoms with E-state index in [-0.39, 0.29) is 41.0 Å². The van der Waals surface area contributed by atoms with Gasteiger partial charge in [0, 0.05) is 18.4 Å². The SMILES string of the molecule is CC1(C)C2CCC1(C)C(OC(=O)C1CCCN1C(=O)C1(NC(=O)C(O)Cc3ccc(O)cc3)CC1)C2. The molecule has 5 atom stereocenters. The van der Waals surface area contributed by atoms with E-state index in [1.807, 2.05) is 0 Å². The van der Waals surface area contributed by atoms with Crippen LogP contribution in [0.3, 0.4) is 0 Å². The lowest BCUT2D eigenvalue weighted by molar-refractivity contribution is -0.165. The first-order valence-corrected chi connectivity index (χ1v) is 13.3. The molecule has 5 unspecified atom stereocenters. The van der Waals surface area contributed by atoms with Crippen LogP contribution in [-0.2, 0) is 25.5 Å². The number of carbonyl (C=O) groups is 3. The maximum Gasteiger partial charge on any atom is 0.329 e. The largest absolute Gasteiger partial charge is 0.508 e. The molecule has 1 heterocycles. The summed E-state index contributed by atoms with van der Waals surface area (Å²) in [4.78, 5) is 41.1. The molecule has 1 aromatic carbocycles. The predicted molar refractivity (Wildman–Crippen MR) is 132 cm³/mol. The molecular weight excluding hydrogens is 460 g/mol. The highest BCUT2D eigenvalue weighted by atomic mass is 16.5. The van der Waals surface area contributed by atoms with Gasteiger partial charge in [-0.2, -0.15) is 0 Å². The third kappa shape index (κ3) is 4.07. The smallest absolute Gasteiger partial charge is 0.329 e. The molecule has 1 aromatic rings. The van der Waals surface area contributed by atoms with Crippen molar-refractivity contribution in [1.29, 1.82) is 0 Å². The van der Waals surface area contributed by atoms with Gasteiger partial charge in [-0.25, -0.2) is 4.79 Å². The first kappa shape index (κ1) is 25.1. The molecule has 1 aliphatic heterocycles. The van der Waals surface area contributed by atoms with Crippen molar-refractivity contribution in [3.63, 3.8) is 0 Å². The Morgan fingerprint density at radius 3 is 2.39 bits per heavy atom. The molecule has 8 heteroatoms. The zero-order chi connectivity index (χ0) is 25.9. The van der Waals surface area contributed by atoms with Gasteiger partial charge in [0.25, 0.3) is 0 Å². The van der Waals surface area contributed by atoms with Gasteiger partial charge in [0.1, 0.15) is 29.5 Å². The number of nitrogens with zero attached hydrogens (tertiary/aromatic N) is 1. The number of phenolic OH excluding ortho intramolecular Hbond substituents is 1. The molecule has 4 aliphatic rings. The number of aliphatic hydroxyl groups excluding tert-OH is 1. The Bertz CT molecular complexity index is 1050. The normalized spacial score (nSPS) is 32.2. The minimum atomic E-state index is -1.32. The molecule has 5 rings (SSSR count). The number of amides is 2. The number of carbonyl (C=O) groups excluding carboxylic acids is 3. The van der Waals surface area contributed by atoms with E-state index in [0.717, 1.165) is 19.3 Å². The summed E-state index contributed by atoms with van der Waals surface area (Å²) in [6, 6.07) is 5.65. The van der Waals surface area contributed by atoms with E-state index in [4.69, 9.17) is 4.74 Å². The molecule has 2 bridgehead atoms. The van der Waals surface area contributed by atoms with Gasteiger partial charge >= 0.3 is 5.97 Å². The highest BCUT2D eigenvalue weighted by Crippen LogP contribution is 2.66. The van der Waals surface area contributed by atoms with Crippen molar-refractivity contribution in [3.8, 4) is 5.75 Å². The van der Waals surface area contributed by atoms with Gasteiger partial charge in [-0.05, 0) is 74.0 Å². The maximum absolute atomic E-state index is 13.5. The Morgan fingerprint density at radius 1 is 1.11 bits per heavy atom. The summed E-state index contributed by atoms with van der Waals surface area (Å²) in [5.41, 5.74) is -0.269. The molecule has 36 heavy (non-hydrogen) atoms. The fourth-order valence-corrected chi connectivity index (χ4v) is 6.84. The van der Waals surface area contributed by atoms with Gasteiger partial charge in [-0.1, -0.05) is 32.9 Å². The summed E-state index contributed by atoms with van der Waals surface area (Å²) in [6.07, 6.45) is 3.99. The van der Waals surface area contributed by atoms with E-state index in [9.17, 15) is 24.6 Å². The molecule has 3 saturated carbocycles. The zero-order valence-electron chi connectivity index (χ0n) is 21.5. The second-order valence-electron chi connectivity index (χ2n) is 12.2. The van der Waals surface area contributed by atoms with E-state index in [0.29, 0.717) is 37.3 Å². The highest BCUT2D eigenvalue weighted by Gasteiger charge is 2.63.